The smallest absolute Gasteiger partial charge is 0.395 e. The Labute approximate surface area is 188 Å². The summed E-state index contributed by atoms with van der Waals surface area (Å²) in [6.45, 7) is -0.00847. The minimum Gasteiger partial charge on any atom is -0.395 e. The summed E-state index contributed by atoms with van der Waals surface area (Å²) >= 11 is 0. The molecule has 2 aliphatic rings. The zero-order chi connectivity index (χ0) is 23.9. The quantitative estimate of drug-likeness (QED) is 0.542. The Kier molecular flexibility index (Phi) is 6.50. The van der Waals surface area contributed by atoms with Gasteiger partial charge in [0.05, 0.1) is 36.0 Å². The van der Waals surface area contributed by atoms with Crippen LogP contribution < -0.4 is 0 Å². The molecule has 3 nitrogen and oxygen atoms in total. The highest BCUT2D eigenvalue weighted by molar-refractivity contribution is 5.34. The van der Waals surface area contributed by atoms with E-state index in [-0.39, 0.29) is 30.9 Å². The number of hydrogen-bond acceptors (Lipinski definition) is 3. The van der Waals surface area contributed by atoms with Crippen LogP contribution >= 0.6 is 0 Å². The second kappa shape index (κ2) is 8.92. The summed E-state index contributed by atoms with van der Waals surface area (Å²) in [5.74, 6) is 0. The summed E-state index contributed by atoms with van der Waals surface area (Å²) in [7, 11) is 0. The lowest BCUT2D eigenvalue weighted by Gasteiger charge is -2.50. The predicted molar refractivity (Wildman–Crippen MR) is 109 cm³/mol. The van der Waals surface area contributed by atoms with Crippen molar-refractivity contribution in [3.63, 3.8) is 0 Å². The first kappa shape index (κ1) is 24.0. The molecule has 0 aliphatic carbocycles. The molecule has 0 amide bonds. The topological polar surface area (TPSA) is 32.7 Å². The molecule has 3 unspecified atom stereocenters. The van der Waals surface area contributed by atoms with E-state index >= 15 is 0 Å². The molecule has 0 radical (unpaired) electrons. The van der Waals surface area contributed by atoms with Gasteiger partial charge in [-0.15, -0.1) is 0 Å². The van der Waals surface area contributed by atoms with Crippen molar-refractivity contribution in [3.05, 3.63) is 70.8 Å². The van der Waals surface area contributed by atoms with Crippen LogP contribution in [0.15, 0.2) is 48.5 Å². The summed E-state index contributed by atoms with van der Waals surface area (Å²) in [5.41, 5.74) is -2.47. The van der Waals surface area contributed by atoms with Crippen LogP contribution in [-0.2, 0) is 29.2 Å². The van der Waals surface area contributed by atoms with Crippen molar-refractivity contribution in [2.24, 2.45) is 0 Å². The molecule has 2 aromatic rings. The van der Waals surface area contributed by atoms with Crippen molar-refractivity contribution in [1.82, 2.24) is 4.90 Å². The minimum atomic E-state index is -4.90. The monoisotopic (exact) mass is 473 g/mol. The van der Waals surface area contributed by atoms with Crippen LogP contribution in [0.3, 0.4) is 0 Å². The summed E-state index contributed by atoms with van der Waals surface area (Å²) in [6.07, 6.45) is -7.19. The lowest BCUT2D eigenvalue weighted by atomic mass is 9.79. The molecule has 4 rings (SSSR count). The normalized spacial score (nSPS) is 26.0. The fourth-order valence-electron chi connectivity index (χ4n) is 5.47. The number of hydrogen-bond donors (Lipinski definition) is 1. The predicted octanol–water partition coefficient (Wildman–Crippen LogP) is 5.76. The van der Waals surface area contributed by atoms with Crippen molar-refractivity contribution < 1.29 is 36.2 Å². The van der Waals surface area contributed by atoms with Crippen LogP contribution in [-0.4, -0.2) is 35.3 Å². The zero-order valence-electron chi connectivity index (χ0n) is 17.8. The molecule has 2 aliphatic heterocycles. The molecule has 9 heteroatoms. The summed E-state index contributed by atoms with van der Waals surface area (Å²) < 4.78 is 85.5. The molecule has 2 bridgehead atoms. The molecule has 180 valence electrons. The largest absolute Gasteiger partial charge is 0.416 e. The number of halogens is 6. The Morgan fingerprint density at radius 2 is 1.55 bits per heavy atom. The van der Waals surface area contributed by atoms with Gasteiger partial charge in [-0.1, -0.05) is 30.3 Å². The highest BCUT2D eigenvalue weighted by atomic mass is 19.4. The highest BCUT2D eigenvalue weighted by Crippen LogP contribution is 2.51. The van der Waals surface area contributed by atoms with E-state index in [4.69, 9.17) is 4.74 Å². The van der Waals surface area contributed by atoms with Crippen LogP contribution in [0.5, 0.6) is 0 Å². The van der Waals surface area contributed by atoms with Crippen molar-refractivity contribution >= 4 is 0 Å². The van der Waals surface area contributed by atoms with E-state index in [0.717, 1.165) is 37.0 Å². The number of ether oxygens (including phenoxy) is 1. The molecule has 2 heterocycles. The van der Waals surface area contributed by atoms with Crippen LogP contribution in [0, 0.1) is 0 Å². The fourth-order valence-corrected chi connectivity index (χ4v) is 5.47. The van der Waals surface area contributed by atoms with Crippen molar-refractivity contribution in [1.29, 1.82) is 0 Å². The molecule has 0 spiro atoms. The molecule has 0 saturated carbocycles. The van der Waals surface area contributed by atoms with Crippen molar-refractivity contribution in [3.8, 4) is 0 Å². The van der Waals surface area contributed by atoms with Crippen LogP contribution in [0.25, 0.3) is 0 Å². The van der Waals surface area contributed by atoms with E-state index in [1.54, 1.807) is 0 Å². The van der Waals surface area contributed by atoms with Crippen molar-refractivity contribution in [2.75, 3.05) is 13.2 Å². The van der Waals surface area contributed by atoms with E-state index in [1.807, 2.05) is 30.3 Å². The maximum absolute atomic E-state index is 13.2. The minimum absolute atomic E-state index is 0.0552. The molecule has 0 aromatic heterocycles. The van der Waals surface area contributed by atoms with Gasteiger partial charge < -0.3 is 9.84 Å². The number of aliphatic hydroxyl groups is 1. The number of nitrogens with zero attached hydrogens (tertiary/aromatic N) is 1. The zero-order valence-corrected chi connectivity index (χ0v) is 17.8. The van der Waals surface area contributed by atoms with E-state index < -0.39 is 35.1 Å². The number of aliphatic hydroxyl groups excluding tert-OH is 1. The van der Waals surface area contributed by atoms with Gasteiger partial charge in [0.15, 0.2) is 0 Å². The first-order valence-electron chi connectivity index (χ1n) is 10.9. The second-order valence-electron chi connectivity index (χ2n) is 8.69. The van der Waals surface area contributed by atoms with Crippen LogP contribution in [0.1, 0.15) is 47.9 Å². The van der Waals surface area contributed by atoms with E-state index in [9.17, 15) is 31.4 Å². The maximum atomic E-state index is 13.2. The first-order valence-corrected chi connectivity index (χ1v) is 10.9. The van der Waals surface area contributed by atoms with Gasteiger partial charge in [-0.2, -0.15) is 26.3 Å². The lowest BCUT2D eigenvalue weighted by Crippen LogP contribution is -2.57. The first-order chi connectivity index (χ1) is 15.6. The van der Waals surface area contributed by atoms with Gasteiger partial charge >= 0.3 is 12.4 Å². The lowest BCUT2D eigenvalue weighted by molar-refractivity contribution is -0.143. The molecule has 1 N–H and O–H groups in total. The average Bonchev–Trinajstić information content (AvgIpc) is 3.01. The molecular weight excluding hydrogens is 448 g/mol. The molecule has 2 aromatic carbocycles. The van der Waals surface area contributed by atoms with E-state index in [2.05, 4.69) is 4.90 Å². The van der Waals surface area contributed by atoms with Gasteiger partial charge in [0.2, 0.25) is 0 Å². The van der Waals surface area contributed by atoms with Gasteiger partial charge in [-0.05, 0) is 55.0 Å². The third-order valence-corrected chi connectivity index (χ3v) is 6.82. The average molecular weight is 473 g/mol. The fraction of sp³-hybridized carbons (Fsp3) is 0.500. The van der Waals surface area contributed by atoms with Gasteiger partial charge in [-0.3, -0.25) is 4.90 Å². The molecule has 3 atom stereocenters. The molecule has 2 saturated heterocycles. The highest BCUT2D eigenvalue weighted by Gasteiger charge is 2.55. The van der Waals surface area contributed by atoms with Gasteiger partial charge in [0, 0.05) is 12.6 Å². The van der Waals surface area contributed by atoms with Gasteiger partial charge in [0.1, 0.15) is 0 Å². The van der Waals surface area contributed by atoms with Gasteiger partial charge in [-0.25, -0.2) is 0 Å². The number of piperidine rings is 1. The van der Waals surface area contributed by atoms with E-state index in [0.29, 0.717) is 13.0 Å². The molecule has 33 heavy (non-hydrogen) atoms. The maximum Gasteiger partial charge on any atom is 0.416 e. The summed E-state index contributed by atoms with van der Waals surface area (Å²) in [4.78, 5) is 2.20. The van der Waals surface area contributed by atoms with Crippen LogP contribution in [0.2, 0.25) is 0 Å². The third kappa shape index (κ3) is 4.63. The van der Waals surface area contributed by atoms with Crippen LogP contribution in [0.4, 0.5) is 26.3 Å². The Morgan fingerprint density at radius 1 is 0.909 bits per heavy atom. The Hall–Kier alpha value is -2.10. The third-order valence-electron chi connectivity index (χ3n) is 6.82. The Morgan fingerprint density at radius 3 is 2.12 bits per heavy atom. The second-order valence-corrected chi connectivity index (χ2v) is 8.69. The molecular formula is C24H25F6NO2. The van der Waals surface area contributed by atoms with Crippen molar-refractivity contribution in [2.45, 2.75) is 62.3 Å². The van der Waals surface area contributed by atoms with E-state index in [1.165, 1.54) is 0 Å². The number of alkyl halides is 6. The Balaban J connectivity index is 1.66. The van der Waals surface area contributed by atoms with Gasteiger partial charge in [0.25, 0.3) is 0 Å². The Bertz CT molecular complexity index is 929. The standard InChI is InChI=1S/C24H25F6NO2/c25-23(26,27)18-12-16(13-19(14-18)24(28,29)30)15-33-21-7-6-20-8-9-22(21,31(20)10-11-32)17-4-2-1-3-5-17/h1-5,12-14,20-21,32H,6-11,15H2. The SMILES string of the molecule is OCCN1C2CCC(OCc3cc(C(F)(F)F)cc(C(F)(F)F)c3)C1(c1ccccc1)CC2. The molecule has 2 fully saturated rings. The summed E-state index contributed by atoms with van der Waals surface area (Å²) in [5, 5.41) is 9.66. The number of benzene rings is 2. The number of fused-ring (bicyclic) bond motifs is 2. The number of rotatable bonds is 6. The summed E-state index contributed by atoms with van der Waals surface area (Å²) in [6, 6.07) is 11.4.